The van der Waals surface area contributed by atoms with E-state index in [-0.39, 0.29) is 116 Å². The molecule has 37 nitrogen and oxygen atoms in total. The zero-order valence-electron chi connectivity index (χ0n) is 85.3. The molecule has 10 aromatic heterocycles. The number of ketones is 5. The number of benzene rings is 2. The molecular formula is C113H134N26O11. The highest BCUT2D eigenvalue weighted by Crippen LogP contribution is 2.52. The first-order valence-corrected chi connectivity index (χ1v) is 55.3. The molecule has 782 valence electrons. The number of carbonyl (C=O) groups excluding carboxylic acids is 11. The number of carbonyl (C=O) groups is 11. The first-order chi connectivity index (χ1) is 73.0. The maximum Gasteiger partial charge on any atom is 0.249 e. The Balaban J connectivity index is 0.000000103. The van der Waals surface area contributed by atoms with Crippen molar-refractivity contribution in [3.05, 3.63) is 156 Å². The number of hydrogen-bond acceptors (Lipinski definition) is 27. The third-order valence-corrected chi connectivity index (χ3v) is 35.6. The molecule has 0 radical (unpaired) electrons. The highest BCUT2D eigenvalue weighted by Gasteiger charge is 2.50. The Morgan fingerprint density at radius 1 is 0.353 bits per heavy atom. The first kappa shape index (κ1) is 99.6. The predicted octanol–water partition coefficient (Wildman–Crippen LogP) is 16.0. The molecule has 12 N–H and O–H groups in total. The lowest BCUT2D eigenvalue weighted by atomic mass is 9.75. The number of aromatic nitrogens is 15. The molecule has 4 saturated heterocycles. The van der Waals surface area contributed by atoms with Gasteiger partial charge in [-0.25, -0.2) is 24.9 Å². The largest absolute Gasteiger partial charge is 0.342 e. The van der Waals surface area contributed by atoms with Crippen LogP contribution in [0.1, 0.15) is 346 Å². The van der Waals surface area contributed by atoms with E-state index in [4.69, 9.17) is 30.7 Å². The van der Waals surface area contributed by atoms with Gasteiger partial charge in [-0.05, 0) is 208 Å². The summed E-state index contributed by atoms with van der Waals surface area (Å²) in [7, 11) is 0. The third kappa shape index (κ3) is 19.2. The normalized spacial score (nSPS) is 24.2. The first-order valence-electron chi connectivity index (χ1n) is 55.3. The Bertz CT molecular complexity index is 7290. The second-order valence-electron chi connectivity index (χ2n) is 44.9. The van der Waals surface area contributed by atoms with Crippen molar-refractivity contribution in [1.82, 2.24) is 93.9 Å². The van der Waals surface area contributed by atoms with Crippen molar-refractivity contribution in [2.75, 3.05) is 64.6 Å². The van der Waals surface area contributed by atoms with Crippen molar-refractivity contribution in [3.8, 4) is 0 Å². The summed E-state index contributed by atoms with van der Waals surface area (Å²) in [6, 6.07) is 26.6. The number of nitrogens with two attached hydrogens (primary N) is 1. The molecule has 2 aromatic carbocycles. The van der Waals surface area contributed by atoms with Gasteiger partial charge in [-0.2, -0.15) is 24.9 Å². The van der Waals surface area contributed by atoms with Crippen LogP contribution in [0.5, 0.6) is 0 Å². The summed E-state index contributed by atoms with van der Waals surface area (Å²) in [6.07, 6.45) is 51.6. The predicted molar refractivity (Wildman–Crippen MR) is 567 cm³/mol. The second-order valence-corrected chi connectivity index (χ2v) is 44.9. The molecule has 10 aliphatic heterocycles. The number of hydrogen-bond donors (Lipinski definition) is 11. The maximum absolute atomic E-state index is 13.4. The van der Waals surface area contributed by atoms with Crippen LogP contribution in [-0.4, -0.2) is 193 Å². The lowest BCUT2D eigenvalue weighted by Gasteiger charge is -2.42. The highest BCUT2D eigenvalue weighted by atomic mass is 16.2. The van der Waals surface area contributed by atoms with Gasteiger partial charge in [0, 0.05) is 149 Å². The van der Waals surface area contributed by atoms with E-state index in [2.05, 4.69) is 113 Å². The summed E-state index contributed by atoms with van der Waals surface area (Å²) >= 11 is 0. The van der Waals surface area contributed by atoms with Crippen molar-refractivity contribution in [3.63, 3.8) is 0 Å². The van der Waals surface area contributed by atoms with Crippen molar-refractivity contribution >= 4 is 155 Å². The van der Waals surface area contributed by atoms with Crippen LogP contribution < -0.4 is 58.9 Å². The fourth-order valence-electron chi connectivity index (χ4n) is 27.7. The molecule has 0 bridgehead atoms. The zero-order chi connectivity index (χ0) is 103. The molecule has 6 unspecified atom stereocenters. The van der Waals surface area contributed by atoms with Gasteiger partial charge >= 0.3 is 0 Å². The van der Waals surface area contributed by atoms with E-state index in [0.29, 0.717) is 94.7 Å². The number of anilines is 6. The average molecular weight is 2030 g/mol. The number of fused-ring (bicyclic) bond motifs is 21. The van der Waals surface area contributed by atoms with Crippen LogP contribution in [0.25, 0.3) is 55.2 Å². The number of imide groups is 1. The Morgan fingerprint density at radius 3 is 1.15 bits per heavy atom. The molecule has 37 heteroatoms. The van der Waals surface area contributed by atoms with E-state index < -0.39 is 17.6 Å². The fraction of sp³-hybridized carbons (Fsp3) is 0.531. The minimum Gasteiger partial charge on any atom is -0.342 e. The molecule has 5 saturated carbocycles. The van der Waals surface area contributed by atoms with E-state index in [1.165, 1.54) is 102 Å². The van der Waals surface area contributed by atoms with Gasteiger partial charge in [-0.15, -0.1) is 0 Å². The summed E-state index contributed by atoms with van der Waals surface area (Å²) in [6.45, 7) is 3.72. The molecule has 6 amide bonds. The van der Waals surface area contributed by atoms with E-state index in [1.54, 1.807) is 31.0 Å². The number of amides is 6. The molecule has 27 rings (SSSR count). The van der Waals surface area contributed by atoms with Gasteiger partial charge in [0.15, 0.2) is 28.9 Å². The molecule has 150 heavy (non-hydrogen) atoms. The number of Topliss-reactive ketones (excluding diaryl/α,β-unsaturated/α-hetero) is 5. The van der Waals surface area contributed by atoms with Gasteiger partial charge in [0.2, 0.25) is 65.2 Å². The average Bonchev–Trinajstić information content (AvgIpc) is 1.58. The highest BCUT2D eigenvalue weighted by molar-refractivity contribution is 6.07. The molecule has 12 aromatic rings. The van der Waals surface area contributed by atoms with E-state index >= 15 is 0 Å². The summed E-state index contributed by atoms with van der Waals surface area (Å²) in [5.74, 6) is 1.44. The standard InChI is InChI=1S/C27H31N5O2.C24H25N5O2.C21H28N6O2.C21H27N5O2.C20H23N5O3/c33-23-9-13-27(11-5-2-6-12-27)32-22(23)15-19-16-29-26(30-24(19)32)31-25(34)21-17-28-14-10-20(21)18-7-3-1-4-8-18;30-20-8-11-24(9-4-1-5-10-24)29-19(20)13-16-14-25-23(28-21(16)29)27-18-12-15-6-2-3-7-17(15)26-22(18)31;22-21(8-4-10-23-13-21)18(29)26-19-24-12-14-11-15-16(28)5-9-20(6-2-1-3-7-20)27(15)17(14)25-19;27-17-7-10-21(8-3-1-4-9-21)26-16(17)12-14-13-23-20(24-18(14)26)25-19(28)15-6-2-5-11-22-15;26-15-6-9-20(7-2-1-3-8-20)25-14(15)10-12-11-21-19(24-17(12)25)22-13-4-5-16(27)23-18(13)28/h1,3-4,7-8,15-16,20-21,28H,2,5-6,9-14,17H2,(H,29,30,31,34);2-3,6-7,13-14,18H,1,4-5,8-12H2,(H,26,31)(H,25,27,28);11-12,23H,1-10,13,22H2,(H,24,25,26,29);12-13,15,22H,1-11H2,(H,23,24,25,28);10-11,13H,1-9H2,(H,21,22,24)(H,23,27,28). The van der Waals surface area contributed by atoms with Gasteiger partial charge in [0.05, 0.1) is 40.4 Å². The Labute approximate surface area is 868 Å². The van der Waals surface area contributed by atoms with Crippen LogP contribution >= 0.6 is 0 Å². The maximum atomic E-state index is 13.4. The summed E-state index contributed by atoms with van der Waals surface area (Å²) < 4.78 is 10.9. The van der Waals surface area contributed by atoms with Crippen LogP contribution in [0, 0.1) is 5.92 Å². The van der Waals surface area contributed by atoms with Gasteiger partial charge in [0.1, 0.15) is 45.9 Å². The number of nitrogens with zero attached hydrogens (tertiary/aromatic N) is 15. The second kappa shape index (κ2) is 41.6. The topological polar surface area (TPSA) is 488 Å². The number of piperidine rings is 4. The quantitative estimate of drug-likeness (QED) is 0.0536. The van der Waals surface area contributed by atoms with Gasteiger partial charge in [-0.1, -0.05) is 151 Å². The number of rotatable bonds is 11. The minimum absolute atomic E-state index is 0.0101. The Morgan fingerprint density at radius 2 is 0.740 bits per heavy atom. The number of nitrogens with one attached hydrogen (secondary N) is 10. The van der Waals surface area contributed by atoms with Gasteiger partial charge in [-0.3, -0.25) is 74.0 Å². The lowest BCUT2D eigenvalue weighted by Crippen LogP contribution is -2.60. The van der Waals surface area contributed by atoms with Crippen molar-refractivity contribution in [2.45, 2.75) is 340 Å². The van der Waals surface area contributed by atoms with E-state index in [0.717, 1.165) is 243 Å². The van der Waals surface area contributed by atoms with Crippen LogP contribution in [0.3, 0.4) is 0 Å². The molecule has 5 spiro atoms. The fourth-order valence-corrected chi connectivity index (χ4v) is 27.7. The monoisotopic (exact) mass is 2030 g/mol. The van der Waals surface area contributed by atoms with Crippen LogP contribution in [0.4, 0.5) is 35.4 Å². The van der Waals surface area contributed by atoms with Crippen LogP contribution in [0.2, 0.25) is 0 Å². The molecule has 6 atom stereocenters. The van der Waals surface area contributed by atoms with Crippen molar-refractivity contribution in [1.29, 1.82) is 0 Å². The van der Waals surface area contributed by atoms with Gasteiger partial charge in [0.25, 0.3) is 0 Å². The van der Waals surface area contributed by atoms with Crippen molar-refractivity contribution < 1.29 is 52.7 Å². The SMILES string of the molecule is NC1(C(=O)Nc2ncc3cc4n(c3n2)C2(CCCCC2)CCC4=O)CCCNC1.O=C1CCC(Nc2ncc3cc4n(c3n2)C2(CCCCC2)CCC4=O)C(=O)N1.O=C1CCC2(CCCCC2)n2c1cc1cnc(NC(=O)C3CCCCN3)nc12.O=C1CCC2(CCCCC2)n2c1cc1cnc(NC(=O)C3CNCCC3c3ccccc3)nc12.O=C1CCC2(CCCCC2)n2c1cc1cnc(NC3Cc4ccccc4NC3=O)nc12. The summed E-state index contributed by atoms with van der Waals surface area (Å²) in [4.78, 5) is 184. The summed E-state index contributed by atoms with van der Waals surface area (Å²) in [5.41, 5.74) is 16.0. The van der Waals surface area contributed by atoms with E-state index in [9.17, 15) is 52.7 Å². The lowest BCUT2D eigenvalue weighted by molar-refractivity contribution is -0.134. The van der Waals surface area contributed by atoms with Gasteiger partial charge < -0.3 is 60.5 Å². The molecule has 15 aliphatic rings. The van der Waals surface area contributed by atoms with Crippen molar-refractivity contribution in [2.24, 2.45) is 11.7 Å². The third-order valence-electron chi connectivity index (χ3n) is 35.6. The van der Waals surface area contributed by atoms with Crippen LogP contribution in [0.15, 0.2) is 116 Å². The Hall–Kier alpha value is -13.7. The smallest absolute Gasteiger partial charge is 0.249 e. The molecule has 20 heterocycles. The van der Waals surface area contributed by atoms with E-state index in [1.807, 2.05) is 72.8 Å². The zero-order valence-corrected chi connectivity index (χ0v) is 85.3. The summed E-state index contributed by atoms with van der Waals surface area (Å²) in [5, 5.41) is 34.4. The molecule has 5 aliphatic carbocycles. The van der Waals surface area contributed by atoms with Crippen LogP contribution in [-0.2, 0) is 62.9 Å². The number of para-hydroxylation sites is 1. The minimum atomic E-state index is -0.949. The molecular weight excluding hydrogens is 1900 g/mol. The molecule has 9 fully saturated rings. The Kier molecular flexibility index (Phi) is 27.6.